The molecule has 0 aliphatic heterocycles. The van der Waals surface area contributed by atoms with Crippen LogP contribution in [0.25, 0.3) is 0 Å². The van der Waals surface area contributed by atoms with Crippen molar-refractivity contribution in [3.05, 3.63) is 23.9 Å². The quantitative estimate of drug-likeness (QED) is 0.724. The van der Waals surface area contributed by atoms with E-state index in [0.717, 1.165) is 11.5 Å². The maximum absolute atomic E-state index is 5.57. The summed E-state index contributed by atoms with van der Waals surface area (Å²) in [5, 5.41) is 8.12. The average Bonchev–Trinajstić information content (AvgIpc) is 2.62. The van der Waals surface area contributed by atoms with Crippen LogP contribution in [0.4, 0.5) is 5.82 Å². The molecular formula is C8H12N6. The predicted molar refractivity (Wildman–Crippen MR) is 51.5 cm³/mol. The highest BCUT2D eigenvalue weighted by molar-refractivity contribution is 5.28. The molecule has 0 amide bonds. The van der Waals surface area contributed by atoms with Crippen LogP contribution in [0.5, 0.6) is 0 Å². The number of rotatable bonds is 2. The Bertz CT molecular complexity index is 440. The molecule has 74 valence electrons. The summed E-state index contributed by atoms with van der Waals surface area (Å²) in [5.74, 6) is 1.39. The van der Waals surface area contributed by atoms with Crippen molar-refractivity contribution in [2.24, 2.45) is 7.05 Å². The van der Waals surface area contributed by atoms with E-state index >= 15 is 0 Å². The Balaban J connectivity index is 2.27. The number of nitrogen functional groups attached to an aromatic ring is 1. The molecule has 14 heavy (non-hydrogen) atoms. The topological polar surface area (TPSA) is 74.6 Å². The molecule has 2 heterocycles. The molecule has 0 unspecified atom stereocenters. The number of aromatic nitrogens is 5. The summed E-state index contributed by atoms with van der Waals surface area (Å²) in [5.41, 5.74) is 6.59. The first-order valence-electron chi connectivity index (χ1n) is 4.29. The first kappa shape index (κ1) is 8.74. The van der Waals surface area contributed by atoms with Gasteiger partial charge in [0.15, 0.2) is 0 Å². The maximum Gasteiger partial charge on any atom is 0.148 e. The first-order valence-corrected chi connectivity index (χ1v) is 4.29. The summed E-state index contributed by atoms with van der Waals surface area (Å²) in [6, 6.07) is 1.83. The third-order valence-electron chi connectivity index (χ3n) is 2.10. The van der Waals surface area contributed by atoms with Gasteiger partial charge in [-0.1, -0.05) is 0 Å². The Morgan fingerprint density at radius 2 is 2.29 bits per heavy atom. The average molecular weight is 192 g/mol. The van der Waals surface area contributed by atoms with E-state index in [-0.39, 0.29) is 0 Å². The van der Waals surface area contributed by atoms with E-state index in [4.69, 9.17) is 5.73 Å². The van der Waals surface area contributed by atoms with Crippen LogP contribution in [0.15, 0.2) is 12.4 Å². The molecule has 6 nitrogen and oxygen atoms in total. The van der Waals surface area contributed by atoms with Gasteiger partial charge in [0.2, 0.25) is 0 Å². The fraction of sp³-hybridized carbons (Fsp3) is 0.375. The Morgan fingerprint density at radius 3 is 2.79 bits per heavy atom. The molecule has 2 N–H and O–H groups in total. The van der Waals surface area contributed by atoms with Crippen molar-refractivity contribution in [1.29, 1.82) is 0 Å². The lowest BCUT2D eigenvalue weighted by molar-refractivity contribution is 0.598. The summed E-state index contributed by atoms with van der Waals surface area (Å²) in [4.78, 5) is 4.11. The summed E-state index contributed by atoms with van der Waals surface area (Å²) < 4.78 is 3.52. The van der Waals surface area contributed by atoms with Crippen molar-refractivity contribution in [3.63, 3.8) is 0 Å². The minimum Gasteiger partial charge on any atom is -0.382 e. The number of anilines is 1. The zero-order valence-corrected chi connectivity index (χ0v) is 8.18. The molecular weight excluding hydrogens is 180 g/mol. The van der Waals surface area contributed by atoms with Gasteiger partial charge in [0.25, 0.3) is 0 Å². The SMILES string of the molecule is Cc1cc(N)nn1Cc1ncnn1C. The van der Waals surface area contributed by atoms with Crippen molar-refractivity contribution in [1.82, 2.24) is 24.5 Å². The second kappa shape index (κ2) is 3.13. The number of nitrogens with two attached hydrogens (primary N) is 1. The fourth-order valence-electron chi connectivity index (χ4n) is 1.29. The van der Waals surface area contributed by atoms with Crippen LogP contribution in [-0.2, 0) is 13.6 Å². The number of hydrogen-bond donors (Lipinski definition) is 1. The standard InChI is InChI=1S/C8H12N6/c1-6-3-7(9)12-14(6)4-8-10-5-11-13(8)2/h3,5H,4H2,1-2H3,(H2,9,12). The molecule has 0 saturated carbocycles. The minimum atomic E-state index is 0.532. The zero-order valence-electron chi connectivity index (χ0n) is 8.18. The highest BCUT2D eigenvalue weighted by Crippen LogP contribution is 2.06. The van der Waals surface area contributed by atoms with Crippen molar-refractivity contribution in [2.75, 3.05) is 5.73 Å². The summed E-state index contributed by atoms with van der Waals surface area (Å²) in [6.45, 7) is 2.55. The van der Waals surface area contributed by atoms with Gasteiger partial charge in [-0.15, -0.1) is 0 Å². The molecule has 0 atom stereocenters. The molecule has 0 saturated heterocycles. The van der Waals surface area contributed by atoms with Gasteiger partial charge < -0.3 is 5.73 Å². The fourth-order valence-corrected chi connectivity index (χ4v) is 1.29. The second-order valence-electron chi connectivity index (χ2n) is 3.17. The third-order valence-corrected chi connectivity index (χ3v) is 2.10. The monoisotopic (exact) mass is 192 g/mol. The lowest BCUT2D eigenvalue weighted by Gasteiger charge is -2.02. The highest BCUT2D eigenvalue weighted by Gasteiger charge is 2.05. The van der Waals surface area contributed by atoms with Gasteiger partial charge in [0.05, 0.1) is 0 Å². The number of nitrogens with zero attached hydrogens (tertiary/aromatic N) is 5. The summed E-state index contributed by atoms with van der Waals surface area (Å²) >= 11 is 0. The van der Waals surface area contributed by atoms with E-state index in [0.29, 0.717) is 12.4 Å². The van der Waals surface area contributed by atoms with Crippen LogP contribution in [0.1, 0.15) is 11.5 Å². The first-order chi connectivity index (χ1) is 6.66. The number of aryl methyl sites for hydroxylation is 2. The van der Waals surface area contributed by atoms with Crippen LogP contribution in [0.3, 0.4) is 0 Å². The summed E-state index contributed by atoms with van der Waals surface area (Å²) in [7, 11) is 1.85. The van der Waals surface area contributed by atoms with Gasteiger partial charge in [0, 0.05) is 18.8 Å². The van der Waals surface area contributed by atoms with E-state index in [1.807, 2.05) is 20.0 Å². The van der Waals surface area contributed by atoms with E-state index < -0.39 is 0 Å². The van der Waals surface area contributed by atoms with Crippen LogP contribution in [0.2, 0.25) is 0 Å². The van der Waals surface area contributed by atoms with Crippen LogP contribution < -0.4 is 5.73 Å². The van der Waals surface area contributed by atoms with Crippen molar-refractivity contribution >= 4 is 5.82 Å². The lowest BCUT2D eigenvalue weighted by Crippen LogP contribution is -2.09. The second-order valence-corrected chi connectivity index (χ2v) is 3.17. The van der Waals surface area contributed by atoms with Gasteiger partial charge in [-0.3, -0.25) is 9.36 Å². The molecule has 2 aromatic rings. The molecule has 0 spiro atoms. The van der Waals surface area contributed by atoms with Crippen LogP contribution in [-0.4, -0.2) is 24.5 Å². The van der Waals surface area contributed by atoms with Gasteiger partial charge in [-0.25, -0.2) is 4.98 Å². The molecule has 2 aromatic heterocycles. The molecule has 0 fully saturated rings. The summed E-state index contributed by atoms with van der Waals surface area (Å²) in [6.07, 6.45) is 1.53. The molecule has 6 heteroatoms. The third kappa shape index (κ3) is 1.46. The zero-order chi connectivity index (χ0) is 10.1. The molecule has 2 rings (SSSR count). The molecule has 0 bridgehead atoms. The van der Waals surface area contributed by atoms with E-state index in [1.165, 1.54) is 6.33 Å². The number of hydrogen-bond acceptors (Lipinski definition) is 4. The maximum atomic E-state index is 5.57. The molecule has 0 aliphatic carbocycles. The van der Waals surface area contributed by atoms with Crippen LogP contribution >= 0.6 is 0 Å². The van der Waals surface area contributed by atoms with E-state index in [9.17, 15) is 0 Å². The highest BCUT2D eigenvalue weighted by atomic mass is 15.4. The predicted octanol–water partition coefficient (Wildman–Crippen LogP) is -0.0495. The molecule has 0 aliphatic rings. The Morgan fingerprint density at radius 1 is 1.50 bits per heavy atom. The Hall–Kier alpha value is -1.85. The van der Waals surface area contributed by atoms with Gasteiger partial charge in [0.1, 0.15) is 24.5 Å². The van der Waals surface area contributed by atoms with Gasteiger partial charge >= 0.3 is 0 Å². The lowest BCUT2D eigenvalue weighted by atomic mass is 10.4. The smallest absolute Gasteiger partial charge is 0.148 e. The van der Waals surface area contributed by atoms with Crippen molar-refractivity contribution < 1.29 is 0 Å². The van der Waals surface area contributed by atoms with Gasteiger partial charge in [-0.2, -0.15) is 10.2 Å². The molecule has 0 aromatic carbocycles. The molecule has 0 radical (unpaired) electrons. The van der Waals surface area contributed by atoms with E-state index in [2.05, 4.69) is 15.2 Å². The Labute approximate surface area is 81.4 Å². The van der Waals surface area contributed by atoms with Gasteiger partial charge in [-0.05, 0) is 6.92 Å². The van der Waals surface area contributed by atoms with Crippen LogP contribution in [0, 0.1) is 6.92 Å². The Kier molecular flexibility index (Phi) is 1.95. The normalized spacial score (nSPS) is 10.7. The van der Waals surface area contributed by atoms with Crippen molar-refractivity contribution in [3.8, 4) is 0 Å². The van der Waals surface area contributed by atoms with E-state index in [1.54, 1.807) is 9.36 Å². The largest absolute Gasteiger partial charge is 0.382 e. The minimum absolute atomic E-state index is 0.532. The van der Waals surface area contributed by atoms with Crippen molar-refractivity contribution in [2.45, 2.75) is 13.5 Å².